The molecule has 1 aliphatic rings. The lowest BCUT2D eigenvalue weighted by Crippen LogP contribution is -3.16. The quantitative estimate of drug-likeness (QED) is 0.808. The van der Waals surface area contributed by atoms with Crippen molar-refractivity contribution < 1.29 is 4.90 Å². The normalized spacial score (nSPS) is 17.6. The molecule has 1 aliphatic heterocycles. The van der Waals surface area contributed by atoms with Crippen LogP contribution < -0.4 is 10.2 Å². The van der Waals surface area contributed by atoms with E-state index in [0.29, 0.717) is 16.1 Å². The van der Waals surface area contributed by atoms with Crippen molar-refractivity contribution in [2.75, 3.05) is 25.5 Å². The smallest absolute Gasteiger partial charge is 0.173 e. The summed E-state index contributed by atoms with van der Waals surface area (Å²) in [4.78, 5) is 3.84. The topological polar surface area (TPSA) is 19.7 Å². The molecule has 0 radical (unpaired) electrons. The summed E-state index contributed by atoms with van der Waals surface area (Å²) in [5.74, 6) is 0. The van der Waals surface area contributed by atoms with E-state index in [1.807, 2.05) is 12.1 Å². The fraction of sp³-hybridized carbons (Fsp3) is 0.562. The molecule has 1 fully saturated rings. The van der Waals surface area contributed by atoms with Crippen LogP contribution in [0.25, 0.3) is 0 Å². The average Bonchev–Trinajstić information content (AvgIpc) is 2.49. The lowest BCUT2D eigenvalue weighted by molar-refractivity contribution is -0.928. The predicted molar refractivity (Wildman–Crippen MR) is 99.3 cm³/mol. The molecule has 0 amide bonds. The third kappa shape index (κ3) is 4.48. The number of nitrogens with zero attached hydrogens (tertiary/aromatic N) is 1. The maximum Gasteiger partial charge on any atom is 0.173 e. The average molecular weight is 361 g/mol. The first-order valence-corrected chi connectivity index (χ1v) is 8.89. The van der Waals surface area contributed by atoms with Gasteiger partial charge in [-0.25, -0.2) is 0 Å². The Kier molecular flexibility index (Phi) is 6.33. The second-order valence-corrected chi connectivity index (χ2v) is 7.44. The summed E-state index contributed by atoms with van der Waals surface area (Å²) >= 11 is 17.6. The summed E-state index contributed by atoms with van der Waals surface area (Å²) in [5, 5.41) is 5.19. The first kappa shape index (κ1) is 17.8. The summed E-state index contributed by atoms with van der Waals surface area (Å²) in [6.07, 6.45) is 2.33. The molecule has 1 atom stereocenters. The molecule has 3 nitrogen and oxygen atoms in total. The third-order valence-corrected chi connectivity index (χ3v) is 5.42. The van der Waals surface area contributed by atoms with E-state index in [9.17, 15) is 0 Å². The highest BCUT2D eigenvalue weighted by atomic mass is 35.5. The van der Waals surface area contributed by atoms with Gasteiger partial charge in [0, 0.05) is 31.0 Å². The zero-order valence-electron chi connectivity index (χ0n) is 13.3. The first-order valence-electron chi connectivity index (χ1n) is 7.72. The molecule has 1 aromatic carbocycles. The number of benzene rings is 1. The van der Waals surface area contributed by atoms with Gasteiger partial charge in [0.05, 0.1) is 29.8 Å². The van der Waals surface area contributed by atoms with Gasteiger partial charge in [-0.05, 0) is 44.3 Å². The van der Waals surface area contributed by atoms with E-state index in [2.05, 4.69) is 31.1 Å². The summed E-state index contributed by atoms with van der Waals surface area (Å²) in [7, 11) is 2.29. The molecule has 2 N–H and O–H groups in total. The lowest BCUT2D eigenvalue weighted by Gasteiger charge is -2.37. The molecule has 0 bridgehead atoms. The molecule has 1 aromatic rings. The van der Waals surface area contributed by atoms with Crippen LogP contribution in [0.2, 0.25) is 10.0 Å². The number of hydrogen-bond acceptors (Lipinski definition) is 1. The number of likely N-dealkylation sites (tertiary alicyclic amines) is 1. The van der Waals surface area contributed by atoms with Crippen LogP contribution in [-0.2, 0) is 0 Å². The molecule has 0 aromatic heterocycles. The van der Waals surface area contributed by atoms with Crippen molar-refractivity contribution in [2.45, 2.75) is 38.8 Å². The number of nitrogens with one attached hydrogen (secondary N) is 2. The van der Waals surface area contributed by atoms with Gasteiger partial charge in [0.15, 0.2) is 5.11 Å². The molecule has 0 spiro atoms. The summed E-state index contributed by atoms with van der Waals surface area (Å²) < 4.78 is 0. The largest absolute Gasteiger partial charge is 0.349 e. The molecule has 6 heteroatoms. The first-order chi connectivity index (χ1) is 10.4. The molecule has 2 rings (SSSR count). The van der Waals surface area contributed by atoms with Gasteiger partial charge < -0.3 is 15.1 Å². The SMILES string of the molecule is CC(C)[NH+](C)C1CCN(C(=S)Nc2ccc(Cl)cc2Cl)CC1. The van der Waals surface area contributed by atoms with Crippen molar-refractivity contribution in [1.29, 1.82) is 0 Å². The molecular formula is C16H24Cl2N3S+. The van der Waals surface area contributed by atoms with E-state index in [-0.39, 0.29) is 0 Å². The molecule has 1 heterocycles. The maximum atomic E-state index is 6.18. The molecule has 1 saturated heterocycles. The van der Waals surface area contributed by atoms with Crippen LogP contribution in [0.4, 0.5) is 5.69 Å². The molecular weight excluding hydrogens is 337 g/mol. The Morgan fingerprint density at radius 2 is 1.95 bits per heavy atom. The highest BCUT2D eigenvalue weighted by Crippen LogP contribution is 2.26. The number of quaternary nitrogens is 1. The maximum absolute atomic E-state index is 6.18. The summed E-state index contributed by atoms with van der Waals surface area (Å²) in [6, 6.07) is 6.78. The fourth-order valence-electron chi connectivity index (χ4n) is 2.79. The van der Waals surface area contributed by atoms with Crippen molar-refractivity contribution >= 4 is 46.2 Å². The molecule has 22 heavy (non-hydrogen) atoms. The Morgan fingerprint density at radius 3 is 2.50 bits per heavy atom. The van der Waals surface area contributed by atoms with Crippen molar-refractivity contribution in [3.63, 3.8) is 0 Å². The van der Waals surface area contributed by atoms with Crippen molar-refractivity contribution in [3.8, 4) is 0 Å². The van der Waals surface area contributed by atoms with Crippen molar-refractivity contribution in [1.82, 2.24) is 4.90 Å². The van der Waals surface area contributed by atoms with Crippen LogP contribution in [0.5, 0.6) is 0 Å². The minimum absolute atomic E-state index is 0.591. The highest BCUT2D eigenvalue weighted by molar-refractivity contribution is 7.80. The third-order valence-electron chi connectivity index (χ3n) is 4.51. The molecule has 0 saturated carbocycles. The van der Waals surface area contributed by atoms with Crippen LogP contribution >= 0.6 is 35.4 Å². The van der Waals surface area contributed by atoms with Gasteiger partial charge in [0.1, 0.15) is 0 Å². The Labute approximate surface area is 148 Å². The number of anilines is 1. The Bertz CT molecular complexity index is 528. The summed E-state index contributed by atoms with van der Waals surface area (Å²) in [5.41, 5.74) is 0.808. The fourth-order valence-corrected chi connectivity index (χ4v) is 3.54. The number of hydrogen-bond donors (Lipinski definition) is 2. The molecule has 0 aliphatic carbocycles. The summed E-state index contributed by atoms with van der Waals surface area (Å²) in [6.45, 7) is 6.53. The van der Waals surface area contributed by atoms with Crippen LogP contribution in [-0.4, -0.2) is 42.2 Å². The number of piperidine rings is 1. The number of rotatable bonds is 3. The zero-order valence-corrected chi connectivity index (χ0v) is 15.7. The second kappa shape index (κ2) is 7.82. The van der Waals surface area contributed by atoms with E-state index >= 15 is 0 Å². The zero-order chi connectivity index (χ0) is 16.3. The van der Waals surface area contributed by atoms with Gasteiger partial charge in [-0.2, -0.15) is 0 Å². The van der Waals surface area contributed by atoms with Gasteiger partial charge in [0.2, 0.25) is 0 Å². The van der Waals surface area contributed by atoms with Crippen LogP contribution in [0.15, 0.2) is 18.2 Å². The Hall–Kier alpha value is -0.550. The number of halogens is 2. The van der Waals surface area contributed by atoms with E-state index in [0.717, 1.165) is 29.9 Å². The van der Waals surface area contributed by atoms with Crippen LogP contribution in [0.3, 0.4) is 0 Å². The van der Waals surface area contributed by atoms with E-state index in [1.165, 1.54) is 12.8 Å². The van der Waals surface area contributed by atoms with E-state index in [1.54, 1.807) is 11.0 Å². The van der Waals surface area contributed by atoms with Crippen LogP contribution in [0.1, 0.15) is 26.7 Å². The molecule has 122 valence electrons. The standard InChI is InChI=1S/C16H23Cl2N3S/c1-11(2)20(3)13-6-8-21(9-7-13)16(22)19-15-5-4-12(17)10-14(15)18/h4-5,10-11,13H,6-9H2,1-3H3,(H,19,22)/p+1. The predicted octanol–water partition coefficient (Wildman–Crippen LogP) is 3.08. The van der Waals surface area contributed by atoms with Crippen molar-refractivity contribution in [3.05, 3.63) is 28.2 Å². The molecule has 1 unspecified atom stereocenters. The van der Waals surface area contributed by atoms with E-state index < -0.39 is 0 Å². The Morgan fingerprint density at radius 1 is 1.32 bits per heavy atom. The lowest BCUT2D eigenvalue weighted by atomic mass is 10.0. The number of thiocarbonyl (C=S) groups is 1. The second-order valence-electron chi connectivity index (χ2n) is 6.21. The highest BCUT2D eigenvalue weighted by Gasteiger charge is 2.27. The Balaban J connectivity index is 1.90. The van der Waals surface area contributed by atoms with Gasteiger partial charge in [-0.3, -0.25) is 0 Å². The van der Waals surface area contributed by atoms with Gasteiger partial charge in [-0.1, -0.05) is 23.2 Å². The van der Waals surface area contributed by atoms with E-state index in [4.69, 9.17) is 35.4 Å². The van der Waals surface area contributed by atoms with Gasteiger partial charge in [0.25, 0.3) is 0 Å². The van der Waals surface area contributed by atoms with Crippen LogP contribution in [0, 0.1) is 0 Å². The minimum Gasteiger partial charge on any atom is -0.349 e. The van der Waals surface area contributed by atoms with Gasteiger partial charge in [-0.15, -0.1) is 0 Å². The monoisotopic (exact) mass is 360 g/mol. The van der Waals surface area contributed by atoms with Crippen molar-refractivity contribution in [2.24, 2.45) is 0 Å². The minimum atomic E-state index is 0.591. The van der Waals surface area contributed by atoms with Gasteiger partial charge >= 0.3 is 0 Å².